The Hall–Kier alpha value is -2.34. The molecule has 0 aliphatic rings. The molecule has 7 heteroatoms. The standard InChI is InChI=1S/C18H22ClN3O3/c1-10(2)16(18(24)20-11(3)4)21-17(23)14-9-15(25-22-14)12-7-5-6-8-13(12)19/h5-11,16H,1-4H3,(H,20,24)(H,21,23). The number of aromatic nitrogens is 1. The predicted octanol–water partition coefficient (Wildman–Crippen LogP) is 3.27. The van der Waals surface area contributed by atoms with Crippen molar-refractivity contribution in [3.63, 3.8) is 0 Å². The molecule has 0 saturated carbocycles. The van der Waals surface area contributed by atoms with Crippen molar-refractivity contribution in [1.82, 2.24) is 15.8 Å². The molecule has 1 aromatic carbocycles. The third-order valence-electron chi connectivity index (χ3n) is 3.55. The molecule has 2 N–H and O–H groups in total. The van der Waals surface area contributed by atoms with Crippen LogP contribution in [0.4, 0.5) is 0 Å². The normalized spacial score (nSPS) is 12.3. The molecule has 0 fully saturated rings. The molecule has 0 bridgehead atoms. The van der Waals surface area contributed by atoms with E-state index in [0.29, 0.717) is 16.3 Å². The maximum absolute atomic E-state index is 12.4. The van der Waals surface area contributed by atoms with Crippen LogP contribution < -0.4 is 10.6 Å². The molecule has 0 radical (unpaired) electrons. The van der Waals surface area contributed by atoms with Gasteiger partial charge in [-0.15, -0.1) is 0 Å². The minimum Gasteiger partial charge on any atom is -0.355 e. The minimum atomic E-state index is -0.657. The summed E-state index contributed by atoms with van der Waals surface area (Å²) in [6, 6.07) is 7.96. The van der Waals surface area contributed by atoms with Gasteiger partial charge in [-0.05, 0) is 31.9 Å². The van der Waals surface area contributed by atoms with E-state index < -0.39 is 11.9 Å². The lowest BCUT2D eigenvalue weighted by Gasteiger charge is -2.22. The smallest absolute Gasteiger partial charge is 0.274 e. The lowest BCUT2D eigenvalue weighted by atomic mass is 10.0. The SMILES string of the molecule is CC(C)NC(=O)C(NC(=O)c1cc(-c2ccccc2Cl)on1)C(C)C. The fourth-order valence-corrected chi connectivity index (χ4v) is 2.52. The van der Waals surface area contributed by atoms with Gasteiger partial charge in [0.05, 0.1) is 5.02 Å². The lowest BCUT2D eigenvalue weighted by molar-refractivity contribution is -0.124. The monoisotopic (exact) mass is 363 g/mol. The Bertz CT molecular complexity index is 756. The first-order valence-electron chi connectivity index (χ1n) is 8.12. The van der Waals surface area contributed by atoms with E-state index in [9.17, 15) is 9.59 Å². The molecule has 2 aromatic rings. The summed E-state index contributed by atoms with van der Waals surface area (Å²) >= 11 is 6.12. The van der Waals surface area contributed by atoms with E-state index in [1.54, 1.807) is 18.2 Å². The van der Waals surface area contributed by atoms with E-state index in [0.717, 1.165) is 0 Å². The minimum absolute atomic E-state index is 0.00970. The molecule has 1 unspecified atom stereocenters. The van der Waals surface area contributed by atoms with Crippen molar-refractivity contribution in [2.24, 2.45) is 5.92 Å². The van der Waals surface area contributed by atoms with Crippen molar-refractivity contribution in [3.05, 3.63) is 41.0 Å². The highest BCUT2D eigenvalue weighted by atomic mass is 35.5. The van der Waals surface area contributed by atoms with Gasteiger partial charge in [0.1, 0.15) is 6.04 Å². The van der Waals surface area contributed by atoms with E-state index in [1.165, 1.54) is 6.07 Å². The molecular formula is C18H22ClN3O3. The van der Waals surface area contributed by atoms with E-state index in [1.807, 2.05) is 33.8 Å². The molecule has 6 nitrogen and oxygen atoms in total. The topological polar surface area (TPSA) is 84.2 Å². The van der Waals surface area contributed by atoms with Gasteiger partial charge in [0, 0.05) is 17.7 Å². The summed E-state index contributed by atoms with van der Waals surface area (Å²) < 4.78 is 5.22. The highest BCUT2D eigenvalue weighted by molar-refractivity contribution is 6.33. The van der Waals surface area contributed by atoms with Gasteiger partial charge < -0.3 is 15.2 Å². The Kier molecular flexibility index (Phi) is 6.20. The zero-order chi connectivity index (χ0) is 18.6. The van der Waals surface area contributed by atoms with Crippen molar-refractivity contribution in [1.29, 1.82) is 0 Å². The molecule has 1 atom stereocenters. The third-order valence-corrected chi connectivity index (χ3v) is 3.88. The molecule has 1 aromatic heterocycles. The second-order valence-corrected chi connectivity index (χ2v) is 6.82. The van der Waals surface area contributed by atoms with Crippen LogP contribution in [0.5, 0.6) is 0 Å². The van der Waals surface area contributed by atoms with Gasteiger partial charge in [0.2, 0.25) is 5.91 Å². The lowest BCUT2D eigenvalue weighted by Crippen LogP contribution is -2.51. The predicted molar refractivity (Wildman–Crippen MR) is 96.3 cm³/mol. The molecule has 134 valence electrons. The Morgan fingerprint density at radius 3 is 2.40 bits per heavy atom. The van der Waals surface area contributed by atoms with Crippen LogP contribution in [0.25, 0.3) is 11.3 Å². The van der Waals surface area contributed by atoms with Gasteiger partial charge >= 0.3 is 0 Å². The van der Waals surface area contributed by atoms with Crippen molar-refractivity contribution >= 4 is 23.4 Å². The van der Waals surface area contributed by atoms with Crippen LogP contribution in [0.2, 0.25) is 5.02 Å². The average Bonchev–Trinajstić information content (AvgIpc) is 3.01. The van der Waals surface area contributed by atoms with Gasteiger partial charge in [0.15, 0.2) is 11.5 Å². The molecule has 0 aliphatic carbocycles. The molecule has 0 spiro atoms. The van der Waals surface area contributed by atoms with Crippen LogP contribution in [-0.2, 0) is 4.79 Å². The number of nitrogens with zero attached hydrogens (tertiary/aromatic N) is 1. The number of hydrogen-bond donors (Lipinski definition) is 2. The third kappa shape index (κ3) is 4.82. The number of benzene rings is 1. The van der Waals surface area contributed by atoms with Crippen molar-refractivity contribution in [2.75, 3.05) is 0 Å². The summed E-state index contributed by atoms with van der Waals surface area (Å²) in [5.74, 6) is -0.381. The summed E-state index contributed by atoms with van der Waals surface area (Å²) in [5.41, 5.74) is 0.742. The average molecular weight is 364 g/mol. The summed E-state index contributed by atoms with van der Waals surface area (Å²) in [6.07, 6.45) is 0. The molecule has 0 saturated heterocycles. The van der Waals surface area contributed by atoms with E-state index in [4.69, 9.17) is 16.1 Å². The van der Waals surface area contributed by atoms with Gasteiger partial charge in [0.25, 0.3) is 5.91 Å². The number of rotatable bonds is 6. The fourth-order valence-electron chi connectivity index (χ4n) is 2.29. The van der Waals surface area contributed by atoms with Gasteiger partial charge in [-0.3, -0.25) is 9.59 Å². The van der Waals surface area contributed by atoms with Gasteiger partial charge in [-0.25, -0.2) is 0 Å². The largest absolute Gasteiger partial charge is 0.355 e. The molecule has 25 heavy (non-hydrogen) atoms. The van der Waals surface area contributed by atoms with Crippen LogP contribution in [0.3, 0.4) is 0 Å². The first-order chi connectivity index (χ1) is 11.8. The van der Waals surface area contributed by atoms with Crippen molar-refractivity contribution in [3.8, 4) is 11.3 Å². The molecule has 2 amide bonds. The first-order valence-corrected chi connectivity index (χ1v) is 8.50. The number of hydrogen-bond acceptors (Lipinski definition) is 4. The number of amides is 2. The summed E-state index contributed by atoms with van der Waals surface area (Å²) in [7, 11) is 0. The number of halogens is 1. The Morgan fingerprint density at radius 1 is 1.12 bits per heavy atom. The zero-order valence-electron chi connectivity index (χ0n) is 14.7. The first kappa shape index (κ1) is 19.0. The Morgan fingerprint density at radius 2 is 1.80 bits per heavy atom. The number of carbonyl (C=O) groups is 2. The molecule has 1 heterocycles. The second-order valence-electron chi connectivity index (χ2n) is 6.41. The number of carbonyl (C=O) groups excluding carboxylic acids is 2. The molecule has 0 aliphatic heterocycles. The summed E-state index contributed by atoms with van der Waals surface area (Å²) in [4.78, 5) is 24.7. The zero-order valence-corrected chi connectivity index (χ0v) is 15.4. The van der Waals surface area contributed by atoms with Crippen LogP contribution in [0.15, 0.2) is 34.9 Å². The van der Waals surface area contributed by atoms with Crippen molar-refractivity contribution in [2.45, 2.75) is 39.8 Å². The maximum Gasteiger partial charge on any atom is 0.274 e. The van der Waals surface area contributed by atoms with Crippen LogP contribution >= 0.6 is 11.6 Å². The highest BCUT2D eigenvalue weighted by Crippen LogP contribution is 2.27. The number of nitrogens with one attached hydrogen (secondary N) is 2. The second kappa shape index (κ2) is 8.16. The van der Waals surface area contributed by atoms with E-state index in [-0.39, 0.29) is 23.6 Å². The fraction of sp³-hybridized carbons (Fsp3) is 0.389. The Labute approximate surface area is 151 Å². The molecule has 2 rings (SSSR count). The van der Waals surface area contributed by atoms with Gasteiger partial charge in [-0.2, -0.15) is 0 Å². The summed E-state index contributed by atoms with van der Waals surface area (Å²) in [5, 5.41) is 9.81. The van der Waals surface area contributed by atoms with Crippen molar-refractivity contribution < 1.29 is 14.1 Å². The Balaban J connectivity index is 2.15. The molecular weight excluding hydrogens is 342 g/mol. The van der Waals surface area contributed by atoms with E-state index in [2.05, 4.69) is 15.8 Å². The van der Waals surface area contributed by atoms with Crippen LogP contribution in [0, 0.1) is 5.92 Å². The van der Waals surface area contributed by atoms with Gasteiger partial charge in [-0.1, -0.05) is 42.7 Å². The van der Waals surface area contributed by atoms with E-state index >= 15 is 0 Å². The quantitative estimate of drug-likeness (QED) is 0.824. The van der Waals surface area contributed by atoms with Crippen LogP contribution in [0.1, 0.15) is 38.2 Å². The highest BCUT2D eigenvalue weighted by Gasteiger charge is 2.26. The van der Waals surface area contributed by atoms with Crippen LogP contribution in [-0.4, -0.2) is 29.1 Å². The summed E-state index contributed by atoms with van der Waals surface area (Å²) in [6.45, 7) is 7.46. The maximum atomic E-state index is 12.4.